The second kappa shape index (κ2) is 8.37. The van der Waals surface area contributed by atoms with Crippen molar-refractivity contribution in [1.29, 1.82) is 0 Å². The molecular formula is C23H25N5O3. The van der Waals surface area contributed by atoms with Crippen LogP contribution in [-0.2, 0) is 6.42 Å². The smallest absolute Gasteiger partial charge is 0.324 e. The Bertz CT molecular complexity index is 1030. The molecule has 0 bridgehead atoms. The lowest BCUT2D eigenvalue weighted by molar-refractivity contribution is 0.0629. The SMILES string of the molecule is C=CCc1noc(N2CCC(N(C(=O)c3ccc(-c4cnco4)cc3)C3CC3)CC2)n1. The summed E-state index contributed by atoms with van der Waals surface area (Å²) in [7, 11) is 0. The maximum absolute atomic E-state index is 13.4. The molecule has 1 amide bonds. The quantitative estimate of drug-likeness (QED) is 0.539. The lowest BCUT2D eigenvalue weighted by atomic mass is 10.0. The Morgan fingerprint density at radius 2 is 1.90 bits per heavy atom. The Balaban J connectivity index is 1.26. The number of oxazole rings is 1. The van der Waals surface area contributed by atoms with Crippen molar-refractivity contribution in [3.63, 3.8) is 0 Å². The van der Waals surface area contributed by atoms with Gasteiger partial charge in [0.1, 0.15) is 0 Å². The molecule has 3 heterocycles. The van der Waals surface area contributed by atoms with E-state index >= 15 is 0 Å². The first-order valence-electron chi connectivity index (χ1n) is 10.7. The second-order valence-electron chi connectivity index (χ2n) is 8.09. The van der Waals surface area contributed by atoms with Crippen LogP contribution in [0.1, 0.15) is 41.9 Å². The molecule has 0 spiro atoms. The third-order valence-electron chi connectivity index (χ3n) is 5.94. The molecule has 0 radical (unpaired) electrons. The summed E-state index contributed by atoms with van der Waals surface area (Å²) in [6.45, 7) is 5.29. The van der Waals surface area contributed by atoms with Crippen LogP contribution in [0, 0.1) is 0 Å². The monoisotopic (exact) mass is 419 g/mol. The van der Waals surface area contributed by atoms with Crippen molar-refractivity contribution in [3.8, 4) is 11.3 Å². The van der Waals surface area contributed by atoms with Gasteiger partial charge in [0.2, 0.25) is 0 Å². The Morgan fingerprint density at radius 1 is 1.16 bits per heavy atom. The number of allylic oxidation sites excluding steroid dienone is 1. The summed E-state index contributed by atoms with van der Waals surface area (Å²) in [4.78, 5) is 26.0. The van der Waals surface area contributed by atoms with Crippen LogP contribution in [0.3, 0.4) is 0 Å². The molecule has 3 aromatic rings. The van der Waals surface area contributed by atoms with Crippen molar-refractivity contribution in [3.05, 3.63) is 60.9 Å². The third kappa shape index (κ3) is 4.10. The van der Waals surface area contributed by atoms with Crippen molar-refractivity contribution in [2.45, 2.75) is 44.2 Å². The number of aromatic nitrogens is 3. The zero-order chi connectivity index (χ0) is 21.2. The second-order valence-corrected chi connectivity index (χ2v) is 8.09. The Kier molecular flexibility index (Phi) is 5.28. The van der Waals surface area contributed by atoms with Crippen molar-refractivity contribution in [2.24, 2.45) is 0 Å². The Labute approximate surface area is 180 Å². The van der Waals surface area contributed by atoms with Gasteiger partial charge < -0.3 is 18.7 Å². The van der Waals surface area contributed by atoms with Gasteiger partial charge in [0, 0.05) is 42.7 Å². The largest absolute Gasteiger partial charge is 0.444 e. The van der Waals surface area contributed by atoms with Crippen LogP contribution in [0.25, 0.3) is 11.3 Å². The van der Waals surface area contributed by atoms with E-state index in [-0.39, 0.29) is 11.9 Å². The first-order valence-corrected chi connectivity index (χ1v) is 10.7. The molecule has 31 heavy (non-hydrogen) atoms. The highest BCUT2D eigenvalue weighted by atomic mass is 16.5. The first-order chi connectivity index (χ1) is 15.2. The number of anilines is 1. The van der Waals surface area contributed by atoms with Gasteiger partial charge in [-0.1, -0.05) is 23.4 Å². The fraction of sp³-hybridized carbons (Fsp3) is 0.391. The molecule has 0 N–H and O–H groups in total. The normalized spacial score (nSPS) is 17.0. The number of benzene rings is 1. The van der Waals surface area contributed by atoms with Gasteiger partial charge in [-0.2, -0.15) is 4.98 Å². The number of hydrogen-bond donors (Lipinski definition) is 0. The van der Waals surface area contributed by atoms with Gasteiger partial charge in [-0.05, 0) is 37.8 Å². The molecule has 1 aliphatic carbocycles. The highest BCUT2D eigenvalue weighted by Gasteiger charge is 2.39. The minimum absolute atomic E-state index is 0.108. The summed E-state index contributed by atoms with van der Waals surface area (Å²) in [5.74, 6) is 1.45. The van der Waals surface area contributed by atoms with Crippen LogP contribution in [0.4, 0.5) is 6.01 Å². The number of carbonyl (C=O) groups is 1. The molecule has 8 nitrogen and oxygen atoms in total. The van der Waals surface area contributed by atoms with Gasteiger partial charge in [-0.3, -0.25) is 4.79 Å². The van der Waals surface area contributed by atoms with Gasteiger partial charge in [-0.15, -0.1) is 6.58 Å². The topological polar surface area (TPSA) is 88.5 Å². The number of hydrogen-bond acceptors (Lipinski definition) is 7. The minimum Gasteiger partial charge on any atom is -0.444 e. The van der Waals surface area contributed by atoms with E-state index in [9.17, 15) is 4.79 Å². The van der Waals surface area contributed by atoms with E-state index in [4.69, 9.17) is 8.94 Å². The molecule has 1 saturated heterocycles. The van der Waals surface area contributed by atoms with E-state index < -0.39 is 0 Å². The first kappa shape index (κ1) is 19.5. The Morgan fingerprint density at radius 3 is 2.55 bits per heavy atom. The predicted molar refractivity (Wildman–Crippen MR) is 115 cm³/mol. The van der Waals surface area contributed by atoms with E-state index in [2.05, 4.69) is 31.5 Å². The van der Waals surface area contributed by atoms with Crippen molar-refractivity contribution >= 4 is 11.9 Å². The standard InChI is InChI=1S/C23H25N5O3/c1-2-3-21-25-23(31-26-21)27-12-10-19(11-13-27)28(18-8-9-18)22(29)17-6-4-16(5-7-17)20-14-24-15-30-20/h2,4-7,14-15,18-19H,1,3,8-13H2. The highest BCUT2D eigenvalue weighted by Crippen LogP contribution is 2.34. The number of piperidine rings is 1. The molecule has 2 aliphatic rings. The van der Waals surface area contributed by atoms with Gasteiger partial charge >= 0.3 is 6.01 Å². The molecule has 2 fully saturated rings. The highest BCUT2D eigenvalue weighted by molar-refractivity contribution is 5.95. The molecule has 1 saturated carbocycles. The lowest BCUT2D eigenvalue weighted by Gasteiger charge is -2.38. The fourth-order valence-electron chi connectivity index (χ4n) is 4.19. The zero-order valence-electron chi connectivity index (χ0n) is 17.3. The van der Waals surface area contributed by atoms with Gasteiger partial charge in [0.15, 0.2) is 18.0 Å². The zero-order valence-corrected chi connectivity index (χ0v) is 17.3. The molecule has 5 rings (SSSR count). The summed E-state index contributed by atoms with van der Waals surface area (Å²) in [5, 5.41) is 3.99. The maximum Gasteiger partial charge on any atom is 0.324 e. The van der Waals surface area contributed by atoms with E-state index in [1.54, 1.807) is 12.3 Å². The molecular weight excluding hydrogens is 394 g/mol. The summed E-state index contributed by atoms with van der Waals surface area (Å²) >= 11 is 0. The number of rotatable bonds is 7. The summed E-state index contributed by atoms with van der Waals surface area (Å²) < 4.78 is 10.7. The van der Waals surface area contributed by atoms with Crippen molar-refractivity contribution in [2.75, 3.05) is 18.0 Å². The molecule has 1 aliphatic heterocycles. The fourth-order valence-corrected chi connectivity index (χ4v) is 4.19. The number of carbonyl (C=O) groups excluding carboxylic acids is 1. The van der Waals surface area contributed by atoms with E-state index in [1.807, 2.05) is 24.3 Å². The van der Waals surface area contributed by atoms with Crippen LogP contribution in [0.2, 0.25) is 0 Å². The van der Waals surface area contributed by atoms with Crippen molar-refractivity contribution < 1.29 is 13.7 Å². The van der Waals surface area contributed by atoms with E-state index in [0.29, 0.717) is 35.6 Å². The average Bonchev–Trinajstić information content (AvgIpc) is 3.27. The molecule has 160 valence electrons. The molecule has 1 aromatic carbocycles. The Hall–Kier alpha value is -3.42. The van der Waals surface area contributed by atoms with E-state index in [1.165, 1.54) is 6.39 Å². The van der Waals surface area contributed by atoms with Gasteiger partial charge in [0.05, 0.1) is 6.20 Å². The maximum atomic E-state index is 13.4. The summed E-state index contributed by atoms with van der Waals surface area (Å²) in [6, 6.07) is 8.72. The average molecular weight is 419 g/mol. The summed E-state index contributed by atoms with van der Waals surface area (Å²) in [6.07, 6.45) is 9.37. The van der Waals surface area contributed by atoms with Gasteiger partial charge in [-0.25, -0.2) is 4.98 Å². The van der Waals surface area contributed by atoms with Crippen LogP contribution < -0.4 is 4.90 Å². The molecule has 8 heteroatoms. The number of amides is 1. The van der Waals surface area contributed by atoms with Crippen LogP contribution in [0.15, 0.2) is 58.5 Å². The van der Waals surface area contributed by atoms with E-state index in [0.717, 1.165) is 44.3 Å². The summed E-state index contributed by atoms with van der Waals surface area (Å²) in [5.41, 5.74) is 1.62. The molecule has 0 atom stereocenters. The lowest BCUT2D eigenvalue weighted by Crippen LogP contribution is -2.48. The minimum atomic E-state index is 0.108. The van der Waals surface area contributed by atoms with Crippen molar-refractivity contribution in [1.82, 2.24) is 20.0 Å². The van der Waals surface area contributed by atoms with Crippen LogP contribution >= 0.6 is 0 Å². The van der Waals surface area contributed by atoms with Gasteiger partial charge in [0.25, 0.3) is 5.91 Å². The molecule has 2 aromatic heterocycles. The van der Waals surface area contributed by atoms with Crippen LogP contribution in [0.5, 0.6) is 0 Å². The third-order valence-corrected chi connectivity index (χ3v) is 5.94. The predicted octanol–water partition coefficient (Wildman–Crippen LogP) is 3.73. The molecule has 0 unspecified atom stereocenters. The number of nitrogens with zero attached hydrogens (tertiary/aromatic N) is 5. The van der Waals surface area contributed by atoms with Crippen LogP contribution in [-0.4, -0.2) is 51.1 Å².